The predicted octanol–water partition coefficient (Wildman–Crippen LogP) is 1.74. The smallest absolute Gasteiger partial charge is 0.342 e. The van der Waals surface area contributed by atoms with Crippen LogP contribution in [0.25, 0.3) is 0 Å². The topological polar surface area (TPSA) is 118 Å². The molecule has 1 heterocycles. The Bertz CT molecular complexity index is 888. The van der Waals surface area contributed by atoms with Crippen molar-refractivity contribution in [2.45, 2.75) is 52.1 Å². The molecule has 1 aliphatic rings. The lowest BCUT2D eigenvalue weighted by molar-refractivity contribution is -0.144. The fraction of sp³-hybridized carbons (Fsp3) is 0.455. The van der Waals surface area contributed by atoms with Gasteiger partial charge in [-0.25, -0.2) is 4.79 Å². The second-order valence-electron chi connectivity index (χ2n) is 7.10. The number of aromatic hydroxyl groups is 1. The van der Waals surface area contributed by atoms with Crippen molar-refractivity contribution in [2.75, 3.05) is 6.61 Å². The van der Waals surface area contributed by atoms with E-state index in [0.29, 0.717) is 11.1 Å². The van der Waals surface area contributed by atoms with Crippen LogP contribution in [-0.4, -0.2) is 46.2 Å². The first-order chi connectivity index (χ1) is 13.8. The van der Waals surface area contributed by atoms with Crippen LogP contribution in [0.3, 0.4) is 0 Å². The summed E-state index contributed by atoms with van der Waals surface area (Å²) in [5.41, 5.74) is 0.742. The fourth-order valence-electron chi connectivity index (χ4n) is 3.12. The minimum atomic E-state index is -1.00. The number of hydrogen-bond acceptors (Lipinski definition) is 7. The first-order valence-corrected chi connectivity index (χ1v) is 9.52. The van der Waals surface area contributed by atoms with Crippen LogP contribution in [0.4, 0.5) is 0 Å². The zero-order valence-corrected chi connectivity index (χ0v) is 16.5. The van der Waals surface area contributed by atoms with Crippen LogP contribution < -0.4 is 0 Å². The molecule has 1 aliphatic heterocycles. The minimum Gasteiger partial charge on any atom is -0.507 e. The third-order valence-corrected chi connectivity index (χ3v) is 5.06. The van der Waals surface area contributed by atoms with Gasteiger partial charge in [-0.2, -0.15) is 0 Å². The van der Waals surface area contributed by atoms with Crippen LogP contribution in [0.1, 0.15) is 61.0 Å². The number of esters is 1. The Balaban J connectivity index is 2.49. The lowest BCUT2D eigenvalue weighted by Crippen LogP contribution is -2.27. The van der Waals surface area contributed by atoms with Gasteiger partial charge in [0, 0.05) is 18.4 Å². The van der Waals surface area contributed by atoms with E-state index in [2.05, 4.69) is 11.8 Å². The summed E-state index contributed by atoms with van der Waals surface area (Å²) in [5.74, 6) is 1.48. The molecular formula is C22H24O7. The predicted molar refractivity (Wildman–Crippen MR) is 103 cm³/mol. The van der Waals surface area contributed by atoms with Gasteiger partial charge in [-0.3, -0.25) is 14.4 Å². The maximum Gasteiger partial charge on any atom is 0.342 e. The minimum absolute atomic E-state index is 0.0410. The number of ketones is 3. The number of Topliss-reactive ketones (excluding diaryl/α,β-unsaturated/α-hetero) is 3. The third-order valence-electron chi connectivity index (χ3n) is 5.06. The maximum atomic E-state index is 12.8. The van der Waals surface area contributed by atoms with E-state index in [1.807, 2.05) is 0 Å². The number of aliphatic hydroxyl groups excluding tert-OH is 1. The van der Waals surface area contributed by atoms with Gasteiger partial charge in [-0.15, -0.1) is 0 Å². The van der Waals surface area contributed by atoms with E-state index < -0.39 is 29.4 Å². The molecule has 7 heteroatoms. The zero-order valence-electron chi connectivity index (χ0n) is 16.5. The number of ether oxygens (including phenoxy) is 1. The molecule has 0 aliphatic carbocycles. The van der Waals surface area contributed by atoms with E-state index in [1.165, 1.54) is 12.1 Å². The van der Waals surface area contributed by atoms with Gasteiger partial charge in [0.15, 0.2) is 0 Å². The molecule has 0 aromatic heterocycles. The fourth-order valence-corrected chi connectivity index (χ4v) is 3.12. The average Bonchev–Trinajstić information content (AvgIpc) is 2.69. The van der Waals surface area contributed by atoms with Gasteiger partial charge < -0.3 is 14.9 Å². The van der Waals surface area contributed by atoms with Crippen molar-refractivity contribution in [3.05, 3.63) is 28.8 Å². The third kappa shape index (κ3) is 5.52. The summed E-state index contributed by atoms with van der Waals surface area (Å²) in [5, 5.41) is 19.3. The van der Waals surface area contributed by atoms with Crippen molar-refractivity contribution in [2.24, 2.45) is 5.92 Å². The molecule has 0 saturated heterocycles. The van der Waals surface area contributed by atoms with E-state index in [0.717, 1.165) is 0 Å². The molecule has 29 heavy (non-hydrogen) atoms. The Kier molecular flexibility index (Phi) is 7.68. The molecule has 2 atom stereocenters. The van der Waals surface area contributed by atoms with Crippen LogP contribution in [0.5, 0.6) is 5.75 Å². The molecule has 0 bridgehead atoms. The van der Waals surface area contributed by atoms with Crippen LogP contribution in [0.2, 0.25) is 0 Å². The van der Waals surface area contributed by atoms with Gasteiger partial charge in [-0.05, 0) is 49.8 Å². The maximum absolute atomic E-state index is 12.8. The molecule has 7 nitrogen and oxygen atoms in total. The van der Waals surface area contributed by atoms with Crippen LogP contribution >= 0.6 is 0 Å². The van der Waals surface area contributed by atoms with E-state index in [4.69, 9.17) is 9.84 Å². The highest BCUT2D eigenvalue weighted by Crippen LogP contribution is 2.28. The Hall–Kier alpha value is -2.98. The van der Waals surface area contributed by atoms with Gasteiger partial charge >= 0.3 is 5.97 Å². The molecule has 2 rings (SSSR count). The number of phenolic OH excluding ortho intramolecular Hbond substituents is 1. The number of cyclic esters (lactones) is 1. The van der Waals surface area contributed by atoms with Crippen molar-refractivity contribution in [3.8, 4) is 17.6 Å². The first kappa shape index (κ1) is 22.3. The highest BCUT2D eigenvalue weighted by Gasteiger charge is 2.28. The van der Waals surface area contributed by atoms with Crippen LogP contribution in [-0.2, 0) is 25.5 Å². The molecule has 154 valence electrons. The number of carbonyl (C=O) groups is 4. The molecule has 2 N–H and O–H groups in total. The van der Waals surface area contributed by atoms with Crippen molar-refractivity contribution in [1.29, 1.82) is 0 Å². The summed E-state index contributed by atoms with van der Waals surface area (Å²) in [4.78, 5) is 48.8. The first-order valence-electron chi connectivity index (χ1n) is 9.52. The summed E-state index contributed by atoms with van der Waals surface area (Å²) in [7, 11) is 0. The molecule has 0 amide bonds. The van der Waals surface area contributed by atoms with Gasteiger partial charge in [-0.1, -0.05) is 18.8 Å². The van der Waals surface area contributed by atoms with Crippen molar-refractivity contribution in [3.63, 3.8) is 0 Å². The van der Waals surface area contributed by atoms with Crippen LogP contribution in [0, 0.1) is 17.8 Å². The monoisotopic (exact) mass is 400 g/mol. The standard InChI is InChI=1S/C22H24O7/c1-13-8-10-19(26)21(27)18(25)7-3-6-16-15(5-4-12-23)9-11-17(24)20(16)22(28)29-14(13)2/h9,11,13-14,23-24H,3,6-8,10,12H2,1-2H3/t13-,14+/m1/s1. The van der Waals surface area contributed by atoms with E-state index in [1.54, 1.807) is 13.8 Å². The molecule has 0 saturated carbocycles. The van der Waals surface area contributed by atoms with E-state index in [-0.39, 0.29) is 55.9 Å². The van der Waals surface area contributed by atoms with Crippen molar-refractivity contribution >= 4 is 23.3 Å². The molecule has 1 aromatic carbocycles. The number of fused-ring (bicyclic) bond motifs is 1. The highest BCUT2D eigenvalue weighted by molar-refractivity contribution is 6.63. The molecule has 0 radical (unpaired) electrons. The Morgan fingerprint density at radius 3 is 2.45 bits per heavy atom. The lowest BCUT2D eigenvalue weighted by Gasteiger charge is -2.22. The summed E-state index contributed by atoms with van der Waals surface area (Å²) in [6.07, 6.45) is -0.201. The number of rotatable bonds is 0. The number of benzene rings is 1. The Morgan fingerprint density at radius 2 is 1.76 bits per heavy atom. The lowest BCUT2D eigenvalue weighted by atomic mass is 9.92. The van der Waals surface area contributed by atoms with E-state index >= 15 is 0 Å². The average molecular weight is 400 g/mol. The summed E-state index contributed by atoms with van der Waals surface area (Å²) in [6.45, 7) is 3.05. The van der Waals surface area contributed by atoms with Crippen molar-refractivity contribution in [1.82, 2.24) is 0 Å². The number of phenols is 1. The summed E-state index contributed by atoms with van der Waals surface area (Å²) < 4.78 is 5.50. The largest absolute Gasteiger partial charge is 0.507 e. The number of hydrogen-bond donors (Lipinski definition) is 2. The van der Waals surface area contributed by atoms with Crippen LogP contribution in [0.15, 0.2) is 12.1 Å². The quantitative estimate of drug-likeness (QED) is 0.387. The van der Waals surface area contributed by atoms with Gasteiger partial charge in [0.1, 0.15) is 24.0 Å². The molecule has 1 aromatic rings. The second kappa shape index (κ2) is 9.99. The Morgan fingerprint density at radius 1 is 1.07 bits per heavy atom. The van der Waals surface area contributed by atoms with Gasteiger partial charge in [0.25, 0.3) is 5.78 Å². The molecule has 0 unspecified atom stereocenters. The molecular weight excluding hydrogens is 376 g/mol. The SMILES string of the molecule is C[C@@H]1CCC(=O)C(=O)C(=O)CCCc2c(C#CCO)ccc(O)c2C(=O)O[C@H]1C. The van der Waals surface area contributed by atoms with E-state index in [9.17, 15) is 24.3 Å². The normalized spacial score (nSPS) is 21.5. The van der Waals surface area contributed by atoms with Gasteiger partial charge in [0.2, 0.25) is 11.6 Å². The summed E-state index contributed by atoms with van der Waals surface area (Å²) in [6, 6.07) is 2.84. The van der Waals surface area contributed by atoms with Gasteiger partial charge in [0.05, 0.1) is 0 Å². The second-order valence-corrected chi connectivity index (χ2v) is 7.10. The summed E-state index contributed by atoms with van der Waals surface area (Å²) >= 11 is 0. The number of carbonyl (C=O) groups excluding carboxylic acids is 4. The zero-order chi connectivity index (χ0) is 21.6. The molecule has 0 spiro atoms. The Labute approximate surface area is 169 Å². The number of aliphatic hydroxyl groups is 1. The van der Waals surface area contributed by atoms with Crippen molar-refractivity contribution < 1.29 is 34.1 Å². The highest BCUT2D eigenvalue weighted by atomic mass is 16.5. The molecule has 0 fully saturated rings.